The van der Waals surface area contributed by atoms with E-state index < -0.39 is 0 Å². The van der Waals surface area contributed by atoms with Crippen LogP contribution in [-0.2, 0) is 4.74 Å². The summed E-state index contributed by atoms with van der Waals surface area (Å²) in [5.74, 6) is 1.64. The van der Waals surface area contributed by atoms with Crippen molar-refractivity contribution in [3.8, 4) is 0 Å². The first kappa shape index (κ1) is 16.0. The van der Waals surface area contributed by atoms with E-state index in [4.69, 9.17) is 4.74 Å². The quantitative estimate of drug-likeness (QED) is 0.672. The summed E-state index contributed by atoms with van der Waals surface area (Å²) in [4.78, 5) is 0. The fourth-order valence-electron chi connectivity index (χ4n) is 3.13. The van der Waals surface area contributed by atoms with E-state index in [1.54, 1.807) is 0 Å². The first-order chi connectivity index (χ1) is 8.81. The summed E-state index contributed by atoms with van der Waals surface area (Å²) in [6.07, 6.45) is 9.39. The Labute approximate surface area is 114 Å². The molecule has 1 saturated heterocycles. The largest absolute Gasteiger partial charge is 0.381 e. The zero-order valence-corrected chi connectivity index (χ0v) is 12.7. The van der Waals surface area contributed by atoms with Crippen molar-refractivity contribution in [1.82, 2.24) is 5.32 Å². The zero-order valence-electron chi connectivity index (χ0n) is 12.7. The van der Waals surface area contributed by atoms with Crippen LogP contribution in [-0.4, -0.2) is 25.8 Å². The lowest BCUT2D eigenvalue weighted by Gasteiger charge is -2.33. The lowest BCUT2D eigenvalue weighted by atomic mass is 9.84. The predicted molar refractivity (Wildman–Crippen MR) is 78.9 cm³/mol. The van der Waals surface area contributed by atoms with Gasteiger partial charge in [0.2, 0.25) is 0 Å². The van der Waals surface area contributed by atoms with Crippen LogP contribution in [0.5, 0.6) is 0 Å². The van der Waals surface area contributed by atoms with Gasteiger partial charge in [-0.1, -0.05) is 46.5 Å². The van der Waals surface area contributed by atoms with Crippen molar-refractivity contribution < 1.29 is 4.74 Å². The molecule has 2 nitrogen and oxygen atoms in total. The van der Waals surface area contributed by atoms with Gasteiger partial charge in [0.25, 0.3) is 0 Å². The van der Waals surface area contributed by atoms with Crippen molar-refractivity contribution in [2.24, 2.45) is 11.8 Å². The molecule has 0 spiro atoms. The molecule has 0 aliphatic carbocycles. The van der Waals surface area contributed by atoms with E-state index in [1.165, 1.54) is 44.9 Å². The first-order valence-corrected chi connectivity index (χ1v) is 8.12. The van der Waals surface area contributed by atoms with Gasteiger partial charge in [-0.3, -0.25) is 0 Å². The van der Waals surface area contributed by atoms with Gasteiger partial charge in [0, 0.05) is 12.6 Å². The van der Waals surface area contributed by atoms with E-state index in [2.05, 4.69) is 26.1 Å². The fourth-order valence-corrected chi connectivity index (χ4v) is 3.13. The van der Waals surface area contributed by atoms with Crippen molar-refractivity contribution in [1.29, 1.82) is 0 Å². The van der Waals surface area contributed by atoms with Crippen molar-refractivity contribution in [2.75, 3.05) is 19.8 Å². The van der Waals surface area contributed by atoms with E-state index in [9.17, 15) is 0 Å². The van der Waals surface area contributed by atoms with E-state index >= 15 is 0 Å². The van der Waals surface area contributed by atoms with Gasteiger partial charge in [-0.05, 0) is 37.6 Å². The zero-order chi connectivity index (χ0) is 13.2. The topological polar surface area (TPSA) is 21.3 Å². The number of hydrogen-bond acceptors (Lipinski definition) is 2. The average molecular weight is 255 g/mol. The van der Waals surface area contributed by atoms with Crippen molar-refractivity contribution in [2.45, 2.75) is 71.8 Å². The lowest BCUT2D eigenvalue weighted by molar-refractivity contribution is 0.0350. The highest BCUT2D eigenvalue weighted by molar-refractivity contribution is 4.80. The first-order valence-electron chi connectivity index (χ1n) is 8.12. The van der Waals surface area contributed by atoms with E-state index in [1.807, 2.05) is 0 Å². The monoisotopic (exact) mass is 255 g/mol. The molecule has 1 aliphatic rings. The Bertz CT molecular complexity index is 190. The molecule has 1 rings (SSSR count). The number of hydrogen-bond donors (Lipinski definition) is 1. The molecule has 0 saturated carbocycles. The molecule has 0 radical (unpaired) electrons. The second-order valence-electron chi connectivity index (χ2n) is 5.79. The molecular formula is C16H33NO. The molecule has 0 aromatic rings. The maximum atomic E-state index is 5.67. The van der Waals surface area contributed by atoms with E-state index in [-0.39, 0.29) is 0 Å². The van der Waals surface area contributed by atoms with Gasteiger partial charge in [0.1, 0.15) is 0 Å². The van der Waals surface area contributed by atoms with Gasteiger partial charge in [0.05, 0.1) is 6.61 Å². The van der Waals surface area contributed by atoms with E-state index in [0.717, 1.165) is 31.6 Å². The van der Waals surface area contributed by atoms with Gasteiger partial charge >= 0.3 is 0 Å². The second-order valence-corrected chi connectivity index (χ2v) is 5.79. The summed E-state index contributed by atoms with van der Waals surface area (Å²) < 4.78 is 5.67. The molecule has 108 valence electrons. The minimum atomic E-state index is 0.678. The Balaban J connectivity index is 2.43. The van der Waals surface area contributed by atoms with Crippen molar-refractivity contribution in [3.05, 3.63) is 0 Å². The maximum absolute atomic E-state index is 5.67. The Morgan fingerprint density at radius 2 is 2.11 bits per heavy atom. The fraction of sp³-hybridized carbons (Fsp3) is 1.00. The molecule has 2 heteroatoms. The third-order valence-electron chi connectivity index (χ3n) is 4.36. The van der Waals surface area contributed by atoms with Crippen LogP contribution < -0.4 is 5.32 Å². The van der Waals surface area contributed by atoms with Crippen LogP contribution in [0.25, 0.3) is 0 Å². The van der Waals surface area contributed by atoms with E-state index in [0.29, 0.717) is 6.04 Å². The molecule has 0 amide bonds. The summed E-state index contributed by atoms with van der Waals surface area (Å²) in [6.45, 7) is 9.91. The smallest absolute Gasteiger partial charge is 0.0509 e. The molecule has 1 N–H and O–H groups in total. The van der Waals surface area contributed by atoms with Crippen LogP contribution in [0.15, 0.2) is 0 Å². The molecule has 0 aromatic heterocycles. The number of nitrogens with one attached hydrogen (secondary N) is 1. The number of ether oxygens (including phenoxy) is 1. The van der Waals surface area contributed by atoms with Crippen LogP contribution in [0.2, 0.25) is 0 Å². The summed E-state index contributed by atoms with van der Waals surface area (Å²) >= 11 is 0. The van der Waals surface area contributed by atoms with Crippen LogP contribution in [0.4, 0.5) is 0 Å². The normalized spacial score (nSPS) is 23.8. The average Bonchev–Trinajstić information content (AvgIpc) is 2.43. The molecule has 18 heavy (non-hydrogen) atoms. The SMILES string of the molecule is CCCCC(CC)CC(NCC)C1CCCOC1. The molecule has 0 aromatic carbocycles. The molecule has 1 heterocycles. The highest BCUT2D eigenvalue weighted by Crippen LogP contribution is 2.26. The third kappa shape index (κ3) is 5.71. The Morgan fingerprint density at radius 3 is 2.67 bits per heavy atom. The third-order valence-corrected chi connectivity index (χ3v) is 4.36. The van der Waals surface area contributed by atoms with Gasteiger partial charge < -0.3 is 10.1 Å². The summed E-state index contributed by atoms with van der Waals surface area (Å²) in [5.41, 5.74) is 0. The van der Waals surface area contributed by atoms with Crippen LogP contribution in [0, 0.1) is 11.8 Å². The van der Waals surface area contributed by atoms with Gasteiger partial charge in [-0.15, -0.1) is 0 Å². The molecular weight excluding hydrogens is 222 g/mol. The molecule has 3 unspecified atom stereocenters. The van der Waals surface area contributed by atoms with Crippen molar-refractivity contribution >= 4 is 0 Å². The van der Waals surface area contributed by atoms with Gasteiger partial charge in [0.15, 0.2) is 0 Å². The minimum Gasteiger partial charge on any atom is -0.381 e. The maximum Gasteiger partial charge on any atom is 0.0509 e. The highest BCUT2D eigenvalue weighted by Gasteiger charge is 2.25. The molecule has 1 fully saturated rings. The minimum absolute atomic E-state index is 0.678. The van der Waals surface area contributed by atoms with Gasteiger partial charge in [-0.2, -0.15) is 0 Å². The molecule has 1 aliphatic heterocycles. The second kappa shape index (κ2) is 9.80. The van der Waals surface area contributed by atoms with Gasteiger partial charge in [-0.25, -0.2) is 0 Å². The Morgan fingerprint density at radius 1 is 1.28 bits per heavy atom. The predicted octanol–water partition coefficient (Wildman–Crippen LogP) is 4.00. The summed E-state index contributed by atoms with van der Waals surface area (Å²) in [5, 5.41) is 3.71. The molecule has 0 bridgehead atoms. The summed E-state index contributed by atoms with van der Waals surface area (Å²) in [7, 11) is 0. The number of unbranched alkanes of at least 4 members (excludes halogenated alkanes) is 1. The Hall–Kier alpha value is -0.0800. The number of rotatable bonds is 9. The van der Waals surface area contributed by atoms with Crippen LogP contribution >= 0.6 is 0 Å². The summed E-state index contributed by atoms with van der Waals surface area (Å²) in [6, 6.07) is 0.678. The standard InChI is InChI=1S/C16H33NO/c1-4-7-9-14(5-2)12-16(17-6-3)15-10-8-11-18-13-15/h14-17H,4-13H2,1-3H3. The van der Waals surface area contributed by atoms with Crippen LogP contribution in [0.3, 0.4) is 0 Å². The lowest BCUT2D eigenvalue weighted by Crippen LogP contribution is -2.41. The van der Waals surface area contributed by atoms with Crippen LogP contribution in [0.1, 0.15) is 65.7 Å². The highest BCUT2D eigenvalue weighted by atomic mass is 16.5. The van der Waals surface area contributed by atoms with Crippen molar-refractivity contribution in [3.63, 3.8) is 0 Å². The molecule has 3 atom stereocenters. The Kier molecular flexibility index (Phi) is 8.70.